The van der Waals surface area contributed by atoms with E-state index in [9.17, 15) is 0 Å². The molecule has 2 nitrogen and oxygen atoms in total. The summed E-state index contributed by atoms with van der Waals surface area (Å²) in [6.07, 6.45) is 0.710. The Hall–Kier alpha value is -0.350. The van der Waals surface area contributed by atoms with Crippen LogP contribution < -0.4 is 0 Å². The minimum Gasteiger partial charge on any atom is -0.143 e. The summed E-state index contributed by atoms with van der Waals surface area (Å²) in [5.74, 6) is 0.533. The van der Waals surface area contributed by atoms with Gasteiger partial charge in [0.15, 0.2) is 5.01 Å². The van der Waals surface area contributed by atoms with Gasteiger partial charge in [0.1, 0.15) is 5.01 Å². The lowest BCUT2D eigenvalue weighted by Crippen LogP contribution is -1.83. The maximum Gasteiger partial charge on any atom is 0.150 e. The van der Waals surface area contributed by atoms with E-state index in [4.69, 9.17) is 34.8 Å². The fraction of sp³-hybridized carbons (Fsp3) is 0.200. The maximum atomic E-state index is 6.08. The highest BCUT2D eigenvalue weighted by molar-refractivity contribution is 7.14. The van der Waals surface area contributed by atoms with E-state index in [0.29, 0.717) is 22.3 Å². The van der Waals surface area contributed by atoms with Crippen molar-refractivity contribution in [2.75, 3.05) is 5.88 Å². The van der Waals surface area contributed by atoms with Crippen LogP contribution in [0.5, 0.6) is 0 Å². The lowest BCUT2D eigenvalue weighted by molar-refractivity contribution is 0.990. The molecular formula is C10H7Cl3N2S. The minimum absolute atomic E-state index is 0.533. The van der Waals surface area contributed by atoms with Crippen LogP contribution in [0.3, 0.4) is 0 Å². The average molecular weight is 294 g/mol. The summed E-state index contributed by atoms with van der Waals surface area (Å²) in [7, 11) is 0. The number of rotatable bonds is 3. The highest BCUT2D eigenvalue weighted by Gasteiger charge is 2.13. The first-order valence-electron chi connectivity index (χ1n) is 4.55. The number of halogens is 3. The Balaban J connectivity index is 2.42. The zero-order chi connectivity index (χ0) is 11.5. The Morgan fingerprint density at radius 3 is 2.44 bits per heavy atom. The summed E-state index contributed by atoms with van der Waals surface area (Å²) < 4.78 is 0. The molecule has 0 unspecified atom stereocenters. The zero-order valence-corrected chi connectivity index (χ0v) is 11.2. The van der Waals surface area contributed by atoms with Gasteiger partial charge in [0.05, 0.1) is 10.0 Å². The number of hydrogen-bond acceptors (Lipinski definition) is 3. The number of hydrogen-bond donors (Lipinski definition) is 0. The van der Waals surface area contributed by atoms with Gasteiger partial charge in [-0.25, -0.2) is 0 Å². The quantitative estimate of drug-likeness (QED) is 0.789. The molecule has 0 N–H and O–H groups in total. The van der Waals surface area contributed by atoms with Crippen LogP contribution in [-0.4, -0.2) is 16.1 Å². The molecule has 0 radical (unpaired) electrons. The lowest BCUT2D eigenvalue weighted by Gasteiger charge is -2.01. The summed E-state index contributed by atoms with van der Waals surface area (Å²) in [4.78, 5) is 0. The van der Waals surface area contributed by atoms with Gasteiger partial charge in [-0.3, -0.25) is 0 Å². The van der Waals surface area contributed by atoms with Gasteiger partial charge in [0.25, 0.3) is 0 Å². The van der Waals surface area contributed by atoms with Gasteiger partial charge in [0.2, 0.25) is 0 Å². The molecule has 16 heavy (non-hydrogen) atoms. The van der Waals surface area contributed by atoms with E-state index in [1.165, 1.54) is 11.3 Å². The molecule has 0 bridgehead atoms. The van der Waals surface area contributed by atoms with Crippen molar-refractivity contribution in [1.82, 2.24) is 10.2 Å². The van der Waals surface area contributed by atoms with Crippen molar-refractivity contribution >= 4 is 46.1 Å². The van der Waals surface area contributed by atoms with E-state index in [0.717, 1.165) is 15.6 Å². The molecule has 1 aromatic heterocycles. The third kappa shape index (κ3) is 2.48. The SMILES string of the molecule is ClCCc1nnc(-c2c(Cl)cccc2Cl)s1. The minimum atomic E-state index is 0.533. The molecule has 0 saturated carbocycles. The topological polar surface area (TPSA) is 25.8 Å². The molecule has 0 aliphatic heterocycles. The predicted octanol–water partition coefficient (Wildman–Crippen LogP) is 4.29. The molecule has 84 valence electrons. The lowest BCUT2D eigenvalue weighted by atomic mass is 10.2. The summed E-state index contributed by atoms with van der Waals surface area (Å²) in [5, 5.41) is 10.9. The number of nitrogens with zero attached hydrogens (tertiary/aromatic N) is 2. The zero-order valence-electron chi connectivity index (χ0n) is 8.08. The van der Waals surface area contributed by atoms with E-state index < -0.39 is 0 Å². The Morgan fingerprint density at radius 2 is 1.81 bits per heavy atom. The summed E-state index contributed by atoms with van der Waals surface area (Å²) >= 11 is 19.3. The highest BCUT2D eigenvalue weighted by atomic mass is 35.5. The molecule has 0 saturated heterocycles. The molecule has 6 heteroatoms. The van der Waals surface area contributed by atoms with Gasteiger partial charge in [-0.2, -0.15) is 0 Å². The number of aromatic nitrogens is 2. The Bertz CT molecular complexity index is 478. The molecule has 2 aromatic rings. The van der Waals surface area contributed by atoms with Crippen molar-refractivity contribution in [3.05, 3.63) is 33.3 Å². The normalized spacial score (nSPS) is 10.7. The second kappa shape index (κ2) is 5.32. The van der Waals surface area contributed by atoms with Gasteiger partial charge in [-0.05, 0) is 12.1 Å². The third-order valence-electron chi connectivity index (χ3n) is 1.95. The van der Waals surface area contributed by atoms with Crippen LogP contribution in [0.4, 0.5) is 0 Å². The molecule has 0 atom stereocenters. The van der Waals surface area contributed by atoms with Gasteiger partial charge >= 0.3 is 0 Å². The summed E-state index contributed by atoms with van der Waals surface area (Å²) in [5.41, 5.74) is 0.740. The predicted molar refractivity (Wildman–Crippen MR) is 69.8 cm³/mol. The van der Waals surface area contributed by atoms with Crippen LogP contribution in [0.1, 0.15) is 5.01 Å². The number of benzene rings is 1. The largest absolute Gasteiger partial charge is 0.150 e. The van der Waals surface area contributed by atoms with Gasteiger partial charge < -0.3 is 0 Å². The molecule has 1 heterocycles. The van der Waals surface area contributed by atoms with Crippen molar-refractivity contribution in [2.24, 2.45) is 0 Å². The standard InChI is InChI=1S/C10H7Cl3N2S/c11-5-4-8-14-15-10(16-8)9-6(12)2-1-3-7(9)13/h1-3H,4-5H2. The van der Waals surface area contributed by atoms with Crippen LogP contribution in [-0.2, 0) is 6.42 Å². The number of alkyl halides is 1. The first-order chi connectivity index (χ1) is 7.72. The van der Waals surface area contributed by atoms with Crippen molar-refractivity contribution in [3.8, 4) is 10.6 Å². The van der Waals surface area contributed by atoms with Crippen molar-refractivity contribution in [3.63, 3.8) is 0 Å². The second-order valence-electron chi connectivity index (χ2n) is 3.04. The molecule has 0 amide bonds. The maximum absolute atomic E-state index is 6.08. The van der Waals surface area contributed by atoms with Crippen LogP contribution >= 0.6 is 46.1 Å². The molecule has 1 aromatic carbocycles. The fourth-order valence-corrected chi connectivity index (χ4v) is 3.13. The summed E-state index contributed by atoms with van der Waals surface area (Å²) in [6, 6.07) is 5.37. The van der Waals surface area contributed by atoms with Crippen LogP contribution in [0.25, 0.3) is 10.6 Å². The van der Waals surface area contributed by atoms with E-state index in [1.807, 2.05) is 0 Å². The number of aryl methyl sites for hydroxylation is 1. The highest BCUT2D eigenvalue weighted by Crippen LogP contribution is 2.36. The molecule has 0 aliphatic rings. The van der Waals surface area contributed by atoms with Crippen LogP contribution in [0.2, 0.25) is 10.0 Å². The third-order valence-corrected chi connectivity index (χ3v) is 3.77. The van der Waals surface area contributed by atoms with E-state index in [-0.39, 0.29) is 0 Å². The smallest absolute Gasteiger partial charge is 0.143 e. The monoisotopic (exact) mass is 292 g/mol. The van der Waals surface area contributed by atoms with Crippen molar-refractivity contribution < 1.29 is 0 Å². The molecule has 0 spiro atoms. The van der Waals surface area contributed by atoms with Crippen LogP contribution in [0.15, 0.2) is 18.2 Å². The fourth-order valence-electron chi connectivity index (χ4n) is 1.24. The Labute approximate surface area is 112 Å². The van der Waals surface area contributed by atoms with Crippen molar-refractivity contribution in [1.29, 1.82) is 0 Å². The van der Waals surface area contributed by atoms with Gasteiger partial charge in [0, 0.05) is 17.9 Å². The molecule has 0 aliphatic carbocycles. The van der Waals surface area contributed by atoms with Gasteiger partial charge in [-0.1, -0.05) is 40.6 Å². The Kier molecular flexibility index (Phi) is 4.03. The average Bonchev–Trinajstić information content (AvgIpc) is 2.67. The first-order valence-corrected chi connectivity index (χ1v) is 6.66. The van der Waals surface area contributed by atoms with E-state index >= 15 is 0 Å². The summed E-state index contributed by atoms with van der Waals surface area (Å²) in [6.45, 7) is 0. The Morgan fingerprint density at radius 1 is 1.12 bits per heavy atom. The second-order valence-corrected chi connectivity index (χ2v) is 5.29. The molecule has 0 fully saturated rings. The van der Waals surface area contributed by atoms with Crippen LogP contribution in [0, 0.1) is 0 Å². The van der Waals surface area contributed by atoms with Crippen molar-refractivity contribution in [2.45, 2.75) is 6.42 Å². The van der Waals surface area contributed by atoms with Gasteiger partial charge in [-0.15, -0.1) is 21.8 Å². The molecular weight excluding hydrogens is 287 g/mol. The first kappa shape index (κ1) is 12.1. The molecule has 2 rings (SSSR count). The van der Waals surface area contributed by atoms with E-state index in [1.54, 1.807) is 18.2 Å². The van der Waals surface area contributed by atoms with E-state index in [2.05, 4.69) is 10.2 Å².